The van der Waals surface area contributed by atoms with Crippen LogP contribution in [-0.2, 0) is 4.74 Å². The number of benzene rings is 2. The Morgan fingerprint density at radius 1 is 1.00 bits per heavy atom. The number of ether oxygens (including phenoxy) is 1. The molecule has 0 radical (unpaired) electrons. The van der Waals surface area contributed by atoms with Crippen LogP contribution in [0.15, 0.2) is 48.5 Å². The molecule has 148 valence electrons. The molecule has 2 N–H and O–H groups in total. The van der Waals surface area contributed by atoms with E-state index in [-0.39, 0.29) is 24.2 Å². The summed E-state index contributed by atoms with van der Waals surface area (Å²) >= 11 is 0. The van der Waals surface area contributed by atoms with Crippen LogP contribution in [-0.4, -0.2) is 30.0 Å². The molecule has 2 aliphatic carbocycles. The number of rotatable bonds is 6. The van der Waals surface area contributed by atoms with Gasteiger partial charge < -0.3 is 15.2 Å². The van der Waals surface area contributed by atoms with E-state index in [4.69, 9.17) is 4.74 Å². The summed E-state index contributed by atoms with van der Waals surface area (Å²) in [5.74, 6) is 0.0814. The molecule has 0 spiro atoms. The van der Waals surface area contributed by atoms with Gasteiger partial charge in [-0.1, -0.05) is 67.8 Å². The zero-order valence-electron chi connectivity index (χ0n) is 16.3. The minimum atomic E-state index is -0.332. The molecule has 1 amide bonds. The maximum Gasteiger partial charge on any atom is 0.407 e. The molecule has 28 heavy (non-hydrogen) atoms. The highest BCUT2D eigenvalue weighted by atomic mass is 16.5. The van der Waals surface area contributed by atoms with Gasteiger partial charge in [0.1, 0.15) is 6.61 Å². The third kappa shape index (κ3) is 3.79. The third-order valence-electron chi connectivity index (χ3n) is 6.34. The van der Waals surface area contributed by atoms with Gasteiger partial charge in [-0.3, -0.25) is 0 Å². The monoisotopic (exact) mass is 379 g/mol. The number of aliphatic hydroxyl groups excluding tert-OH is 1. The molecule has 4 rings (SSSR count). The smallest absolute Gasteiger partial charge is 0.407 e. The molecule has 2 aromatic rings. The van der Waals surface area contributed by atoms with Gasteiger partial charge in [0, 0.05) is 18.1 Å². The molecule has 0 aliphatic heterocycles. The molecule has 0 aromatic heterocycles. The molecule has 0 unspecified atom stereocenters. The van der Waals surface area contributed by atoms with Crippen LogP contribution in [0.2, 0.25) is 0 Å². The van der Waals surface area contributed by atoms with Crippen molar-refractivity contribution in [3.8, 4) is 11.1 Å². The van der Waals surface area contributed by atoms with Crippen LogP contribution in [0.3, 0.4) is 0 Å². The van der Waals surface area contributed by atoms with E-state index in [0.29, 0.717) is 13.0 Å². The van der Waals surface area contributed by atoms with E-state index >= 15 is 0 Å². The molecule has 0 bridgehead atoms. The maximum absolute atomic E-state index is 12.7. The summed E-state index contributed by atoms with van der Waals surface area (Å²) in [5, 5.41) is 12.4. The highest BCUT2D eigenvalue weighted by Crippen LogP contribution is 2.44. The topological polar surface area (TPSA) is 58.6 Å². The number of carbonyl (C=O) groups is 1. The fourth-order valence-corrected chi connectivity index (χ4v) is 4.93. The number of hydrogen-bond acceptors (Lipinski definition) is 3. The standard InChI is InChI=1S/C24H29NO3/c26-16-8-15-24(13-6-1-7-14-24)25-23(27)28-17-22-20-11-4-2-9-18(20)19-10-3-5-12-21(19)22/h2-5,9-12,22,26H,1,6-8,13-17H2,(H,25,27). The Hall–Kier alpha value is -2.33. The molecule has 4 nitrogen and oxygen atoms in total. The minimum Gasteiger partial charge on any atom is -0.449 e. The van der Waals surface area contributed by atoms with E-state index in [1.165, 1.54) is 28.7 Å². The van der Waals surface area contributed by atoms with E-state index in [2.05, 4.69) is 41.7 Å². The predicted octanol–water partition coefficient (Wildman–Crippen LogP) is 5.00. The van der Waals surface area contributed by atoms with Crippen LogP contribution in [0.25, 0.3) is 11.1 Å². The summed E-state index contributed by atoms with van der Waals surface area (Å²) in [7, 11) is 0. The molecule has 2 aliphatic rings. The Kier molecular flexibility index (Phi) is 5.67. The van der Waals surface area contributed by atoms with Gasteiger partial charge in [0.05, 0.1) is 0 Å². The second kappa shape index (κ2) is 8.36. The van der Waals surface area contributed by atoms with E-state index < -0.39 is 0 Å². The number of alkyl carbamates (subject to hydrolysis) is 1. The van der Waals surface area contributed by atoms with Crippen molar-refractivity contribution in [1.82, 2.24) is 5.32 Å². The zero-order chi connectivity index (χ0) is 19.4. The molecule has 1 saturated carbocycles. The second-order valence-electron chi connectivity index (χ2n) is 8.12. The van der Waals surface area contributed by atoms with Crippen LogP contribution in [0, 0.1) is 0 Å². The van der Waals surface area contributed by atoms with Gasteiger partial charge in [0.25, 0.3) is 0 Å². The van der Waals surface area contributed by atoms with Crippen LogP contribution in [0.1, 0.15) is 62.0 Å². The van der Waals surface area contributed by atoms with E-state index in [1.807, 2.05) is 12.1 Å². The largest absolute Gasteiger partial charge is 0.449 e. The number of amides is 1. The third-order valence-corrected chi connectivity index (χ3v) is 6.34. The van der Waals surface area contributed by atoms with Gasteiger partial charge in [0.2, 0.25) is 0 Å². The minimum absolute atomic E-state index is 0.0814. The molecule has 0 atom stereocenters. The number of carbonyl (C=O) groups excluding carboxylic acids is 1. The van der Waals surface area contributed by atoms with E-state index in [0.717, 1.165) is 32.1 Å². The van der Waals surface area contributed by atoms with Gasteiger partial charge >= 0.3 is 6.09 Å². The number of nitrogens with one attached hydrogen (secondary N) is 1. The van der Waals surface area contributed by atoms with Crippen molar-refractivity contribution < 1.29 is 14.6 Å². The zero-order valence-corrected chi connectivity index (χ0v) is 16.3. The van der Waals surface area contributed by atoms with E-state index in [1.54, 1.807) is 0 Å². The Morgan fingerprint density at radius 3 is 2.21 bits per heavy atom. The Balaban J connectivity index is 1.45. The average molecular weight is 380 g/mol. The van der Waals surface area contributed by atoms with Crippen molar-refractivity contribution >= 4 is 6.09 Å². The van der Waals surface area contributed by atoms with Gasteiger partial charge in [0.15, 0.2) is 0 Å². The highest BCUT2D eigenvalue weighted by molar-refractivity contribution is 5.79. The summed E-state index contributed by atoms with van der Waals surface area (Å²) in [6.07, 6.45) is 6.59. The number of aliphatic hydroxyl groups is 1. The van der Waals surface area contributed by atoms with Gasteiger partial charge in [-0.25, -0.2) is 4.79 Å². The quantitative estimate of drug-likeness (QED) is 0.742. The second-order valence-corrected chi connectivity index (χ2v) is 8.12. The van der Waals surface area contributed by atoms with Crippen molar-refractivity contribution in [3.05, 3.63) is 59.7 Å². The number of hydrogen-bond donors (Lipinski definition) is 2. The van der Waals surface area contributed by atoms with Gasteiger partial charge in [-0.15, -0.1) is 0 Å². The molecule has 0 saturated heterocycles. The lowest BCUT2D eigenvalue weighted by molar-refractivity contribution is 0.115. The Labute approximate surface area is 166 Å². The molecule has 2 aromatic carbocycles. The predicted molar refractivity (Wildman–Crippen MR) is 110 cm³/mol. The lowest BCUT2D eigenvalue weighted by Crippen LogP contribution is -2.50. The summed E-state index contributed by atoms with van der Waals surface area (Å²) in [6, 6.07) is 16.7. The fourth-order valence-electron chi connectivity index (χ4n) is 4.93. The molecule has 1 fully saturated rings. The normalized spacial score (nSPS) is 17.6. The van der Waals surface area contributed by atoms with Crippen LogP contribution in [0.5, 0.6) is 0 Å². The molecular formula is C24H29NO3. The first-order valence-corrected chi connectivity index (χ1v) is 10.5. The SMILES string of the molecule is O=C(NC1(CCCO)CCCCC1)OCC1c2ccccc2-c2ccccc21. The van der Waals surface area contributed by atoms with Gasteiger partial charge in [-0.05, 0) is 47.9 Å². The average Bonchev–Trinajstić information content (AvgIpc) is 3.05. The van der Waals surface area contributed by atoms with Crippen LogP contribution in [0.4, 0.5) is 4.79 Å². The highest BCUT2D eigenvalue weighted by Gasteiger charge is 2.34. The summed E-state index contributed by atoms with van der Waals surface area (Å²) < 4.78 is 5.73. The molecular weight excluding hydrogens is 350 g/mol. The summed E-state index contributed by atoms with van der Waals surface area (Å²) in [5.41, 5.74) is 4.70. The van der Waals surface area contributed by atoms with Crippen LogP contribution >= 0.6 is 0 Å². The lowest BCUT2D eigenvalue weighted by atomic mass is 9.78. The summed E-state index contributed by atoms with van der Waals surface area (Å²) in [6.45, 7) is 0.504. The first kappa shape index (κ1) is 19.0. The lowest BCUT2D eigenvalue weighted by Gasteiger charge is -2.38. The van der Waals surface area contributed by atoms with Crippen LogP contribution < -0.4 is 5.32 Å². The molecule has 0 heterocycles. The van der Waals surface area contributed by atoms with Crippen molar-refractivity contribution in [2.45, 2.75) is 56.4 Å². The molecule has 4 heteroatoms. The first-order chi connectivity index (χ1) is 13.7. The van der Waals surface area contributed by atoms with Crippen molar-refractivity contribution in [3.63, 3.8) is 0 Å². The maximum atomic E-state index is 12.7. The number of fused-ring (bicyclic) bond motifs is 3. The van der Waals surface area contributed by atoms with Crippen molar-refractivity contribution in [2.75, 3.05) is 13.2 Å². The Bertz CT molecular complexity index is 781. The summed E-state index contributed by atoms with van der Waals surface area (Å²) in [4.78, 5) is 12.7. The van der Waals surface area contributed by atoms with E-state index in [9.17, 15) is 9.90 Å². The van der Waals surface area contributed by atoms with Crippen molar-refractivity contribution in [1.29, 1.82) is 0 Å². The van der Waals surface area contributed by atoms with Gasteiger partial charge in [-0.2, -0.15) is 0 Å². The fraction of sp³-hybridized carbons (Fsp3) is 0.458. The van der Waals surface area contributed by atoms with Crippen molar-refractivity contribution in [2.24, 2.45) is 0 Å². The Morgan fingerprint density at radius 2 is 1.61 bits per heavy atom. The first-order valence-electron chi connectivity index (χ1n) is 10.5.